The van der Waals surface area contributed by atoms with Crippen LogP contribution < -0.4 is 11.1 Å². The molecule has 98 valence electrons. The third-order valence-electron chi connectivity index (χ3n) is 3.98. The van der Waals surface area contributed by atoms with Gasteiger partial charge in [0.15, 0.2) is 0 Å². The van der Waals surface area contributed by atoms with E-state index >= 15 is 0 Å². The van der Waals surface area contributed by atoms with Gasteiger partial charge in [-0.25, -0.2) is 4.79 Å². The van der Waals surface area contributed by atoms with Crippen molar-refractivity contribution in [2.24, 2.45) is 17.6 Å². The zero-order chi connectivity index (χ0) is 12.7. The summed E-state index contributed by atoms with van der Waals surface area (Å²) in [5.41, 5.74) is 5.75. The molecule has 0 heterocycles. The van der Waals surface area contributed by atoms with Crippen LogP contribution in [0.4, 0.5) is 4.79 Å². The Morgan fingerprint density at radius 2 is 2.18 bits per heavy atom. The molecule has 3 unspecified atom stereocenters. The fraction of sp³-hybridized carbons (Fsp3) is 0.923. The smallest absolute Gasteiger partial charge is 0.407 e. The zero-order valence-electron chi connectivity index (χ0n) is 11.1. The molecule has 0 aromatic rings. The van der Waals surface area contributed by atoms with E-state index in [0.717, 1.165) is 12.3 Å². The van der Waals surface area contributed by atoms with Crippen molar-refractivity contribution in [1.29, 1.82) is 0 Å². The van der Waals surface area contributed by atoms with Crippen LogP contribution in [0.15, 0.2) is 0 Å². The van der Waals surface area contributed by atoms with Gasteiger partial charge in [0.25, 0.3) is 0 Å². The molecule has 1 amide bonds. The number of fused-ring (bicyclic) bond motifs is 2. The highest BCUT2D eigenvalue weighted by Crippen LogP contribution is 2.49. The number of amides is 1. The molecule has 0 aromatic heterocycles. The molecule has 0 radical (unpaired) electrons. The van der Waals surface area contributed by atoms with E-state index in [-0.39, 0.29) is 11.6 Å². The zero-order valence-corrected chi connectivity index (χ0v) is 11.1. The number of ether oxygens (including phenoxy) is 1. The number of rotatable bonds is 2. The van der Waals surface area contributed by atoms with Crippen LogP contribution in [0.25, 0.3) is 0 Å². The fourth-order valence-corrected chi connectivity index (χ4v) is 3.25. The van der Waals surface area contributed by atoms with Crippen LogP contribution in [-0.2, 0) is 4.74 Å². The molecule has 2 saturated carbocycles. The van der Waals surface area contributed by atoms with Gasteiger partial charge in [0.05, 0.1) is 0 Å². The molecule has 0 aromatic carbocycles. The summed E-state index contributed by atoms with van der Waals surface area (Å²) in [7, 11) is 0. The van der Waals surface area contributed by atoms with E-state index in [2.05, 4.69) is 5.32 Å². The predicted molar refractivity (Wildman–Crippen MR) is 66.6 cm³/mol. The first kappa shape index (κ1) is 12.7. The van der Waals surface area contributed by atoms with Gasteiger partial charge in [-0.05, 0) is 51.9 Å². The number of carbonyl (C=O) groups is 1. The lowest BCUT2D eigenvalue weighted by Crippen LogP contribution is -2.54. The van der Waals surface area contributed by atoms with Crippen molar-refractivity contribution >= 4 is 6.09 Å². The van der Waals surface area contributed by atoms with E-state index in [1.165, 1.54) is 19.3 Å². The van der Waals surface area contributed by atoms with Crippen LogP contribution in [0, 0.1) is 11.8 Å². The van der Waals surface area contributed by atoms with Crippen molar-refractivity contribution in [2.75, 3.05) is 6.54 Å². The van der Waals surface area contributed by atoms with Crippen LogP contribution in [-0.4, -0.2) is 23.8 Å². The maximum atomic E-state index is 11.6. The summed E-state index contributed by atoms with van der Waals surface area (Å²) in [6.45, 7) is 6.13. The first-order chi connectivity index (χ1) is 7.78. The van der Waals surface area contributed by atoms with E-state index in [1.54, 1.807) is 0 Å². The Hall–Kier alpha value is -0.770. The van der Waals surface area contributed by atoms with Crippen molar-refractivity contribution in [1.82, 2.24) is 5.32 Å². The second kappa shape index (κ2) is 4.16. The van der Waals surface area contributed by atoms with Gasteiger partial charge in [-0.15, -0.1) is 0 Å². The monoisotopic (exact) mass is 240 g/mol. The van der Waals surface area contributed by atoms with E-state index in [4.69, 9.17) is 10.5 Å². The maximum Gasteiger partial charge on any atom is 0.407 e. The summed E-state index contributed by atoms with van der Waals surface area (Å²) < 4.78 is 5.22. The van der Waals surface area contributed by atoms with E-state index < -0.39 is 5.60 Å². The average Bonchev–Trinajstić information content (AvgIpc) is 2.72. The molecule has 2 aliphatic rings. The van der Waals surface area contributed by atoms with E-state index in [0.29, 0.717) is 12.5 Å². The number of nitrogens with one attached hydrogen (secondary N) is 1. The van der Waals surface area contributed by atoms with Gasteiger partial charge in [0, 0.05) is 12.1 Å². The van der Waals surface area contributed by atoms with Gasteiger partial charge >= 0.3 is 6.09 Å². The van der Waals surface area contributed by atoms with Crippen LogP contribution in [0.5, 0.6) is 0 Å². The van der Waals surface area contributed by atoms with E-state index in [9.17, 15) is 4.79 Å². The van der Waals surface area contributed by atoms with Crippen molar-refractivity contribution in [3.05, 3.63) is 0 Å². The Balaban J connectivity index is 1.80. The van der Waals surface area contributed by atoms with Gasteiger partial charge in [0.2, 0.25) is 0 Å². The molecule has 4 heteroatoms. The quantitative estimate of drug-likeness (QED) is 0.776. The first-order valence-corrected chi connectivity index (χ1v) is 6.54. The molecule has 0 saturated heterocycles. The Bertz CT molecular complexity index is 311. The molecule has 17 heavy (non-hydrogen) atoms. The summed E-state index contributed by atoms with van der Waals surface area (Å²) in [5, 5.41) is 2.82. The van der Waals surface area contributed by atoms with Gasteiger partial charge in [-0.1, -0.05) is 6.42 Å². The average molecular weight is 240 g/mol. The predicted octanol–water partition coefficient (Wildman–Crippen LogP) is 2.03. The van der Waals surface area contributed by atoms with Crippen LogP contribution in [0.1, 0.15) is 46.5 Å². The molecule has 2 rings (SSSR count). The Morgan fingerprint density at radius 3 is 2.65 bits per heavy atom. The molecular weight excluding hydrogens is 216 g/mol. The lowest BCUT2D eigenvalue weighted by molar-refractivity contribution is 0.0506. The molecule has 4 nitrogen and oxygen atoms in total. The number of hydrogen-bond acceptors (Lipinski definition) is 3. The molecule has 2 bridgehead atoms. The molecule has 0 spiro atoms. The highest BCUT2D eigenvalue weighted by Gasteiger charge is 2.48. The first-order valence-electron chi connectivity index (χ1n) is 6.54. The second-order valence-electron chi connectivity index (χ2n) is 6.67. The Labute approximate surface area is 103 Å². The largest absolute Gasteiger partial charge is 0.444 e. The summed E-state index contributed by atoms with van der Waals surface area (Å²) in [5.74, 6) is 1.37. The van der Waals surface area contributed by atoms with Crippen LogP contribution in [0.3, 0.4) is 0 Å². The summed E-state index contributed by atoms with van der Waals surface area (Å²) in [6.07, 6.45) is 4.47. The highest BCUT2D eigenvalue weighted by atomic mass is 16.6. The summed E-state index contributed by atoms with van der Waals surface area (Å²) in [6, 6.07) is 0. The molecular formula is C13H24N2O2. The number of carbonyl (C=O) groups excluding carboxylic acids is 1. The number of hydrogen-bond donors (Lipinski definition) is 2. The van der Waals surface area contributed by atoms with Gasteiger partial charge in [0.1, 0.15) is 5.60 Å². The topological polar surface area (TPSA) is 64.3 Å². The molecule has 2 aliphatic carbocycles. The van der Waals surface area contributed by atoms with Crippen molar-refractivity contribution in [3.8, 4) is 0 Å². The minimum absolute atomic E-state index is 0.195. The van der Waals surface area contributed by atoms with Gasteiger partial charge < -0.3 is 15.8 Å². The van der Waals surface area contributed by atoms with Crippen molar-refractivity contribution in [2.45, 2.75) is 57.6 Å². The van der Waals surface area contributed by atoms with E-state index in [1.807, 2.05) is 20.8 Å². The maximum absolute atomic E-state index is 11.6. The lowest BCUT2D eigenvalue weighted by Gasteiger charge is -2.34. The summed E-state index contributed by atoms with van der Waals surface area (Å²) >= 11 is 0. The number of alkyl carbamates (subject to hydrolysis) is 1. The Morgan fingerprint density at radius 1 is 1.47 bits per heavy atom. The van der Waals surface area contributed by atoms with Crippen molar-refractivity contribution < 1.29 is 9.53 Å². The highest BCUT2D eigenvalue weighted by molar-refractivity contribution is 5.67. The normalized spacial score (nSPS) is 36.0. The molecule has 2 fully saturated rings. The third kappa shape index (κ3) is 2.92. The molecule has 3 N–H and O–H groups in total. The Kier molecular flexibility index (Phi) is 3.10. The second-order valence-corrected chi connectivity index (χ2v) is 6.67. The van der Waals surface area contributed by atoms with Crippen LogP contribution in [0.2, 0.25) is 0 Å². The molecule has 0 aliphatic heterocycles. The lowest BCUT2D eigenvalue weighted by atomic mass is 9.82. The minimum atomic E-state index is -0.444. The van der Waals surface area contributed by atoms with Gasteiger partial charge in [-0.3, -0.25) is 0 Å². The standard InChI is InChI=1S/C13H24N2O2/c1-12(2,3)17-11(16)15-8-13(14)7-9-4-5-10(13)6-9/h9-10H,4-8,14H2,1-3H3,(H,15,16). The number of nitrogens with two attached hydrogens (primary N) is 1. The summed E-state index contributed by atoms with van der Waals surface area (Å²) in [4.78, 5) is 11.6. The van der Waals surface area contributed by atoms with Gasteiger partial charge in [-0.2, -0.15) is 0 Å². The molecule has 3 atom stereocenters. The third-order valence-corrected chi connectivity index (χ3v) is 3.98. The van der Waals surface area contributed by atoms with Crippen molar-refractivity contribution in [3.63, 3.8) is 0 Å². The fourth-order valence-electron chi connectivity index (χ4n) is 3.25. The van der Waals surface area contributed by atoms with Crippen LogP contribution >= 0.6 is 0 Å². The minimum Gasteiger partial charge on any atom is -0.444 e. The SMILES string of the molecule is CC(C)(C)OC(=O)NCC1(N)CC2CCC1C2.